The van der Waals surface area contributed by atoms with E-state index in [-0.39, 0.29) is 0 Å². The summed E-state index contributed by atoms with van der Waals surface area (Å²) in [4.78, 5) is 2.17. The highest BCUT2D eigenvalue weighted by molar-refractivity contribution is 5.95. The van der Waals surface area contributed by atoms with E-state index >= 15 is 0 Å². The van der Waals surface area contributed by atoms with Gasteiger partial charge < -0.3 is 0 Å². The van der Waals surface area contributed by atoms with E-state index in [0.29, 0.717) is 0 Å². The maximum absolute atomic E-state index is 4.55. The number of aromatic nitrogens is 2. The standard InChI is InChI=1S/C19H15N3/c1-3-9-15(10-4-1)22(16-11-5-2-6-12-16)19-17-13-7-8-14-18(17)20-21-19/h1-14H,(H,20,21). The number of nitrogens with zero attached hydrogens (tertiary/aromatic N) is 2. The fraction of sp³-hybridized carbons (Fsp3) is 0. The van der Waals surface area contributed by atoms with E-state index in [0.717, 1.165) is 28.1 Å². The van der Waals surface area contributed by atoms with Crippen molar-refractivity contribution in [3.63, 3.8) is 0 Å². The van der Waals surface area contributed by atoms with Crippen LogP contribution in [0.3, 0.4) is 0 Å². The minimum atomic E-state index is 0.910. The molecule has 0 unspecified atom stereocenters. The summed E-state index contributed by atoms with van der Waals surface area (Å²) in [6.07, 6.45) is 0. The lowest BCUT2D eigenvalue weighted by Gasteiger charge is -2.23. The predicted octanol–water partition coefficient (Wildman–Crippen LogP) is 5.03. The van der Waals surface area contributed by atoms with Crippen LogP contribution < -0.4 is 4.90 Å². The first-order valence-corrected chi connectivity index (χ1v) is 7.27. The minimum Gasteiger partial charge on any atom is -0.293 e. The molecule has 0 saturated heterocycles. The number of H-pyrrole nitrogens is 1. The van der Waals surface area contributed by atoms with Gasteiger partial charge in [0.2, 0.25) is 0 Å². The molecule has 1 heterocycles. The van der Waals surface area contributed by atoms with E-state index < -0.39 is 0 Å². The second kappa shape index (κ2) is 5.37. The van der Waals surface area contributed by atoms with Gasteiger partial charge in [0.15, 0.2) is 5.82 Å². The smallest absolute Gasteiger partial charge is 0.167 e. The molecule has 3 aromatic carbocycles. The van der Waals surface area contributed by atoms with Crippen molar-refractivity contribution in [3.8, 4) is 0 Å². The Balaban J connectivity index is 1.95. The number of aromatic amines is 1. The molecular formula is C19H15N3. The molecule has 0 atom stereocenters. The van der Waals surface area contributed by atoms with Crippen molar-refractivity contribution in [3.05, 3.63) is 84.9 Å². The summed E-state index contributed by atoms with van der Waals surface area (Å²) < 4.78 is 0. The monoisotopic (exact) mass is 285 g/mol. The Morgan fingerprint density at radius 3 is 1.82 bits per heavy atom. The molecule has 3 nitrogen and oxygen atoms in total. The van der Waals surface area contributed by atoms with Crippen LogP contribution in [0.15, 0.2) is 84.9 Å². The Morgan fingerprint density at radius 1 is 0.636 bits per heavy atom. The van der Waals surface area contributed by atoms with E-state index in [2.05, 4.69) is 45.4 Å². The topological polar surface area (TPSA) is 31.9 Å². The predicted molar refractivity (Wildman–Crippen MR) is 90.8 cm³/mol. The lowest BCUT2D eigenvalue weighted by Crippen LogP contribution is -2.10. The Labute approximate surface area is 128 Å². The van der Waals surface area contributed by atoms with Gasteiger partial charge in [0.25, 0.3) is 0 Å². The van der Waals surface area contributed by atoms with E-state index in [4.69, 9.17) is 0 Å². The fourth-order valence-corrected chi connectivity index (χ4v) is 2.67. The zero-order valence-corrected chi connectivity index (χ0v) is 12.0. The number of hydrogen-bond donors (Lipinski definition) is 1. The van der Waals surface area contributed by atoms with E-state index in [1.807, 2.05) is 54.6 Å². The summed E-state index contributed by atoms with van der Waals surface area (Å²) >= 11 is 0. The molecule has 0 fully saturated rings. The number of anilines is 3. The fourth-order valence-electron chi connectivity index (χ4n) is 2.67. The van der Waals surface area contributed by atoms with Gasteiger partial charge in [-0.15, -0.1) is 0 Å². The highest BCUT2D eigenvalue weighted by Crippen LogP contribution is 2.36. The number of para-hydroxylation sites is 3. The van der Waals surface area contributed by atoms with Gasteiger partial charge in [-0.25, -0.2) is 0 Å². The first kappa shape index (κ1) is 12.7. The van der Waals surface area contributed by atoms with E-state index in [1.165, 1.54) is 0 Å². The van der Waals surface area contributed by atoms with Gasteiger partial charge in [0.1, 0.15) is 0 Å². The maximum Gasteiger partial charge on any atom is 0.167 e. The van der Waals surface area contributed by atoms with Crippen molar-refractivity contribution in [1.82, 2.24) is 10.2 Å². The normalized spacial score (nSPS) is 10.7. The second-order valence-corrected chi connectivity index (χ2v) is 5.10. The molecule has 106 valence electrons. The third kappa shape index (κ3) is 2.13. The van der Waals surface area contributed by atoms with Gasteiger partial charge >= 0.3 is 0 Å². The van der Waals surface area contributed by atoms with Crippen molar-refractivity contribution < 1.29 is 0 Å². The Hall–Kier alpha value is -3.07. The molecule has 0 bridgehead atoms. The molecule has 3 heteroatoms. The van der Waals surface area contributed by atoms with E-state index in [1.54, 1.807) is 0 Å². The first-order chi connectivity index (χ1) is 10.9. The SMILES string of the molecule is c1ccc(N(c2ccccc2)c2n[nH]c3ccccc23)cc1. The van der Waals surface area contributed by atoms with Crippen LogP contribution >= 0.6 is 0 Å². The van der Waals surface area contributed by atoms with Crippen LogP contribution in [0, 0.1) is 0 Å². The van der Waals surface area contributed by atoms with Crippen molar-refractivity contribution in [1.29, 1.82) is 0 Å². The van der Waals surface area contributed by atoms with Gasteiger partial charge in [-0.1, -0.05) is 48.5 Å². The highest BCUT2D eigenvalue weighted by atomic mass is 15.3. The largest absolute Gasteiger partial charge is 0.293 e. The quantitative estimate of drug-likeness (QED) is 0.572. The molecule has 0 spiro atoms. The molecule has 0 radical (unpaired) electrons. The Kier molecular flexibility index (Phi) is 3.09. The molecule has 22 heavy (non-hydrogen) atoms. The van der Waals surface area contributed by atoms with Crippen LogP contribution in [0.5, 0.6) is 0 Å². The van der Waals surface area contributed by atoms with E-state index in [9.17, 15) is 0 Å². The lowest BCUT2D eigenvalue weighted by molar-refractivity contribution is 1.08. The molecule has 0 aliphatic carbocycles. The lowest BCUT2D eigenvalue weighted by atomic mass is 10.2. The average Bonchev–Trinajstić information content (AvgIpc) is 3.01. The van der Waals surface area contributed by atoms with Crippen LogP contribution in [0.25, 0.3) is 10.9 Å². The van der Waals surface area contributed by atoms with Crippen LogP contribution in [-0.4, -0.2) is 10.2 Å². The first-order valence-electron chi connectivity index (χ1n) is 7.27. The van der Waals surface area contributed by atoms with Crippen molar-refractivity contribution in [2.75, 3.05) is 4.90 Å². The van der Waals surface area contributed by atoms with Gasteiger partial charge in [-0.3, -0.25) is 10.00 Å². The zero-order valence-electron chi connectivity index (χ0n) is 12.0. The molecule has 1 aromatic heterocycles. The summed E-state index contributed by atoms with van der Waals surface area (Å²) in [7, 11) is 0. The zero-order chi connectivity index (χ0) is 14.8. The van der Waals surface area contributed by atoms with Crippen LogP contribution in [-0.2, 0) is 0 Å². The molecule has 0 amide bonds. The number of hydrogen-bond acceptors (Lipinski definition) is 2. The minimum absolute atomic E-state index is 0.910. The molecule has 4 rings (SSSR count). The average molecular weight is 285 g/mol. The molecule has 1 N–H and O–H groups in total. The van der Waals surface area contributed by atoms with Gasteiger partial charge in [0, 0.05) is 16.8 Å². The van der Waals surface area contributed by atoms with Crippen molar-refractivity contribution in [2.45, 2.75) is 0 Å². The summed E-state index contributed by atoms with van der Waals surface area (Å²) in [5.41, 5.74) is 3.21. The van der Waals surface area contributed by atoms with Gasteiger partial charge in [0.05, 0.1) is 5.52 Å². The third-order valence-electron chi connectivity index (χ3n) is 3.69. The molecule has 0 saturated carbocycles. The molecule has 0 aliphatic rings. The summed E-state index contributed by atoms with van der Waals surface area (Å²) in [6.45, 7) is 0. The summed E-state index contributed by atoms with van der Waals surface area (Å²) in [6, 6.07) is 28.8. The van der Waals surface area contributed by atoms with Crippen LogP contribution in [0.2, 0.25) is 0 Å². The molecule has 4 aromatic rings. The maximum atomic E-state index is 4.55. The number of rotatable bonds is 3. The number of benzene rings is 3. The van der Waals surface area contributed by atoms with Gasteiger partial charge in [-0.05, 0) is 36.4 Å². The number of fused-ring (bicyclic) bond motifs is 1. The highest BCUT2D eigenvalue weighted by Gasteiger charge is 2.17. The van der Waals surface area contributed by atoms with Crippen LogP contribution in [0.1, 0.15) is 0 Å². The molecular weight excluding hydrogens is 270 g/mol. The summed E-state index contributed by atoms with van der Waals surface area (Å²) in [5, 5.41) is 8.77. The van der Waals surface area contributed by atoms with Crippen LogP contribution in [0.4, 0.5) is 17.2 Å². The number of nitrogens with one attached hydrogen (secondary N) is 1. The molecule has 0 aliphatic heterocycles. The van der Waals surface area contributed by atoms with Gasteiger partial charge in [-0.2, -0.15) is 5.10 Å². The third-order valence-corrected chi connectivity index (χ3v) is 3.69. The van der Waals surface area contributed by atoms with Crippen molar-refractivity contribution >= 4 is 28.1 Å². The summed E-state index contributed by atoms with van der Waals surface area (Å²) in [5.74, 6) is 0.910. The van der Waals surface area contributed by atoms with Crippen molar-refractivity contribution in [2.24, 2.45) is 0 Å². The Bertz CT molecular complexity index is 843. The second-order valence-electron chi connectivity index (χ2n) is 5.10. The Morgan fingerprint density at radius 2 is 1.18 bits per heavy atom.